The van der Waals surface area contributed by atoms with E-state index in [0.29, 0.717) is 66.6 Å². The molecule has 11 nitrogen and oxygen atoms in total. The van der Waals surface area contributed by atoms with E-state index in [1.54, 1.807) is 23.6 Å². The fraction of sp³-hybridized carbons (Fsp3) is 0.372. The van der Waals surface area contributed by atoms with Crippen LogP contribution in [0.3, 0.4) is 0 Å². The van der Waals surface area contributed by atoms with E-state index in [1.807, 2.05) is 81.9 Å². The number of carboxylic acid groups (broad SMARTS) is 1. The number of aromatic nitrogens is 4. The number of halogens is 2. The maximum absolute atomic E-state index is 15.3. The minimum Gasteiger partial charge on any atom is -0.494 e. The minimum absolute atomic E-state index is 0.0383. The molecule has 0 bridgehead atoms. The first-order valence-electron chi connectivity index (χ1n) is 18.7. The molecule has 3 aromatic heterocycles. The van der Waals surface area contributed by atoms with E-state index < -0.39 is 5.97 Å². The molecule has 1 N–H and O–H groups in total. The minimum atomic E-state index is -1.12. The van der Waals surface area contributed by atoms with Gasteiger partial charge in [0.25, 0.3) is 5.91 Å². The first kappa shape index (κ1) is 39.4. The number of anilines is 1. The molecule has 0 saturated heterocycles. The number of ether oxygens (including phenoxy) is 3. The van der Waals surface area contributed by atoms with Crippen LogP contribution in [0.2, 0.25) is 10.0 Å². The van der Waals surface area contributed by atoms with Gasteiger partial charge in [0.1, 0.15) is 11.4 Å². The first-order valence-corrected chi connectivity index (χ1v) is 19.5. The van der Waals surface area contributed by atoms with Gasteiger partial charge in [-0.15, -0.1) is 0 Å². The molecular formula is C43H47Cl2N5O6. The van der Waals surface area contributed by atoms with Gasteiger partial charge in [-0.25, -0.2) is 4.79 Å². The predicted molar refractivity (Wildman–Crippen MR) is 221 cm³/mol. The summed E-state index contributed by atoms with van der Waals surface area (Å²) < 4.78 is 22.8. The Kier molecular flexibility index (Phi) is 11.0. The Labute approximate surface area is 336 Å². The van der Waals surface area contributed by atoms with E-state index in [1.165, 1.54) is 0 Å². The number of carbonyl (C=O) groups is 2. The highest BCUT2D eigenvalue weighted by atomic mass is 35.5. The molecule has 7 rings (SSSR count). The summed E-state index contributed by atoms with van der Waals surface area (Å²) in [6, 6.07) is 13.2. The van der Waals surface area contributed by atoms with Crippen LogP contribution in [0.15, 0.2) is 42.5 Å². The molecule has 0 radical (unpaired) electrons. The van der Waals surface area contributed by atoms with Crippen molar-refractivity contribution in [3.05, 3.63) is 97.5 Å². The number of benzene rings is 3. The van der Waals surface area contributed by atoms with Gasteiger partial charge in [0, 0.05) is 66.4 Å². The van der Waals surface area contributed by atoms with Crippen molar-refractivity contribution in [2.75, 3.05) is 38.4 Å². The van der Waals surface area contributed by atoms with Crippen molar-refractivity contribution < 1.29 is 28.9 Å². The van der Waals surface area contributed by atoms with Gasteiger partial charge in [0.05, 0.1) is 53.9 Å². The second kappa shape index (κ2) is 15.6. The smallest absolute Gasteiger partial charge is 0.354 e. The fourth-order valence-electron chi connectivity index (χ4n) is 8.33. The van der Waals surface area contributed by atoms with Crippen molar-refractivity contribution in [3.63, 3.8) is 0 Å². The Morgan fingerprint density at radius 1 is 0.964 bits per heavy atom. The highest BCUT2D eigenvalue weighted by Crippen LogP contribution is 2.46. The average molecular weight is 801 g/mol. The standard InChI is InChI=1S/C43H47Cl2N5O6/c1-23-18-29(19-24(2)37(23)45)56-15-9-10-30-31-12-13-33(44)36(35-26(4)46-48(7)27(35)5)38(31)50-25(3)21-49(42(51)40(30)50)39-32-20-28(22-55-17-16-54-8)11-14-34(32)47(6)41(39)43(52)53/h11-14,18-20,25H,9-10,15-17,21-22H2,1-8H3,(H,52,53)/t25-/m1/s1. The number of carbonyl (C=O) groups excluding carboxylic acids is 1. The molecule has 0 fully saturated rings. The van der Waals surface area contributed by atoms with Crippen molar-refractivity contribution >= 4 is 62.6 Å². The number of carboxylic acids is 1. The van der Waals surface area contributed by atoms with Crippen molar-refractivity contribution in [1.82, 2.24) is 18.9 Å². The summed E-state index contributed by atoms with van der Waals surface area (Å²) in [5.74, 6) is -0.663. The van der Waals surface area contributed by atoms with Gasteiger partial charge in [-0.3, -0.25) is 9.48 Å². The lowest BCUT2D eigenvalue weighted by Crippen LogP contribution is -2.43. The van der Waals surface area contributed by atoms with Crippen LogP contribution >= 0.6 is 23.2 Å². The van der Waals surface area contributed by atoms with Gasteiger partial charge < -0.3 is 33.4 Å². The summed E-state index contributed by atoms with van der Waals surface area (Å²) in [4.78, 5) is 30.0. The van der Waals surface area contributed by atoms with E-state index in [0.717, 1.165) is 66.4 Å². The number of methoxy groups -OCH3 is 1. The maximum Gasteiger partial charge on any atom is 0.354 e. The average Bonchev–Trinajstić information content (AvgIpc) is 3.74. The zero-order valence-electron chi connectivity index (χ0n) is 33.0. The zero-order valence-corrected chi connectivity index (χ0v) is 34.6. The molecule has 6 aromatic rings. The number of nitrogens with zero attached hydrogens (tertiary/aromatic N) is 5. The van der Waals surface area contributed by atoms with Gasteiger partial charge in [-0.05, 0) is 100 Å². The molecule has 294 valence electrons. The summed E-state index contributed by atoms with van der Waals surface area (Å²) in [5.41, 5.74) is 9.61. The van der Waals surface area contributed by atoms with E-state index in [9.17, 15) is 9.90 Å². The van der Waals surface area contributed by atoms with E-state index in [4.69, 9.17) is 42.5 Å². The van der Waals surface area contributed by atoms with Gasteiger partial charge in [0.2, 0.25) is 0 Å². The van der Waals surface area contributed by atoms with Crippen LogP contribution in [0.5, 0.6) is 5.75 Å². The monoisotopic (exact) mass is 799 g/mol. The Morgan fingerprint density at radius 3 is 2.36 bits per heavy atom. The summed E-state index contributed by atoms with van der Waals surface area (Å²) >= 11 is 13.5. The van der Waals surface area contributed by atoms with Crippen LogP contribution < -0.4 is 9.64 Å². The molecule has 1 atom stereocenters. The topological polar surface area (TPSA) is 113 Å². The molecule has 1 aliphatic heterocycles. The largest absolute Gasteiger partial charge is 0.494 e. The maximum atomic E-state index is 15.3. The van der Waals surface area contributed by atoms with Crippen LogP contribution in [-0.4, -0.2) is 69.4 Å². The molecule has 4 heterocycles. The van der Waals surface area contributed by atoms with E-state index in [2.05, 4.69) is 11.5 Å². The Bertz CT molecular complexity index is 2510. The third-order valence-electron chi connectivity index (χ3n) is 11.0. The molecular weight excluding hydrogens is 753 g/mol. The van der Waals surface area contributed by atoms with Crippen molar-refractivity contribution in [2.24, 2.45) is 14.1 Å². The Balaban J connectivity index is 1.38. The lowest BCUT2D eigenvalue weighted by Gasteiger charge is -2.34. The number of aromatic carboxylic acids is 1. The Morgan fingerprint density at radius 2 is 1.70 bits per heavy atom. The fourth-order valence-corrected chi connectivity index (χ4v) is 8.69. The van der Waals surface area contributed by atoms with Gasteiger partial charge in [0.15, 0.2) is 5.69 Å². The summed E-state index contributed by atoms with van der Waals surface area (Å²) in [6.45, 7) is 11.8. The van der Waals surface area contributed by atoms with Gasteiger partial charge in [-0.2, -0.15) is 5.10 Å². The number of fused-ring (bicyclic) bond motifs is 4. The normalized spacial score (nSPS) is 14.4. The van der Waals surface area contributed by atoms with E-state index >= 15 is 4.79 Å². The van der Waals surface area contributed by atoms with Crippen molar-refractivity contribution in [2.45, 2.75) is 60.1 Å². The second-order valence-electron chi connectivity index (χ2n) is 14.7. The predicted octanol–water partition coefficient (Wildman–Crippen LogP) is 9.17. The van der Waals surface area contributed by atoms with Crippen LogP contribution in [0.4, 0.5) is 5.69 Å². The molecule has 56 heavy (non-hydrogen) atoms. The summed E-state index contributed by atoms with van der Waals surface area (Å²) in [6.07, 6.45) is 1.13. The molecule has 1 aliphatic rings. The molecule has 3 aromatic carbocycles. The van der Waals surface area contributed by atoms with Crippen molar-refractivity contribution in [3.8, 4) is 16.9 Å². The van der Waals surface area contributed by atoms with Crippen molar-refractivity contribution in [1.29, 1.82) is 0 Å². The number of rotatable bonds is 13. The lowest BCUT2D eigenvalue weighted by molar-refractivity contribution is 0.0617. The molecule has 0 saturated carbocycles. The highest BCUT2D eigenvalue weighted by Gasteiger charge is 2.39. The van der Waals surface area contributed by atoms with Crippen LogP contribution in [0, 0.1) is 27.7 Å². The summed E-state index contributed by atoms with van der Waals surface area (Å²) in [7, 11) is 5.25. The highest BCUT2D eigenvalue weighted by molar-refractivity contribution is 6.35. The first-order chi connectivity index (χ1) is 26.7. The Hall–Kier alpha value is -4.81. The van der Waals surface area contributed by atoms with E-state index in [-0.39, 0.29) is 24.2 Å². The molecule has 0 spiro atoms. The van der Waals surface area contributed by atoms with Gasteiger partial charge >= 0.3 is 5.97 Å². The second-order valence-corrected chi connectivity index (χ2v) is 15.5. The molecule has 0 unspecified atom stereocenters. The van der Waals surface area contributed by atoms with Crippen LogP contribution in [0.25, 0.3) is 32.9 Å². The number of aryl methyl sites for hydroxylation is 6. The van der Waals surface area contributed by atoms with Gasteiger partial charge in [-0.1, -0.05) is 35.3 Å². The molecule has 13 heteroatoms. The molecule has 1 amide bonds. The van der Waals surface area contributed by atoms with Crippen LogP contribution in [0.1, 0.15) is 74.0 Å². The third kappa shape index (κ3) is 6.74. The lowest BCUT2D eigenvalue weighted by atomic mass is 9.98. The summed E-state index contributed by atoms with van der Waals surface area (Å²) in [5, 5.41) is 18.2. The third-order valence-corrected chi connectivity index (χ3v) is 11.9. The number of amides is 1. The number of hydrogen-bond donors (Lipinski definition) is 1. The van der Waals surface area contributed by atoms with Crippen LogP contribution in [-0.2, 0) is 36.6 Å². The zero-order chi connectivity index (χ0) is 40.2. The number of hydrogen-bond acceptors (Lipinski definition) is 6. The quantitative estimate of drug-likeness (QED) is 0.116. The SMILES string of the molecule is COCCOCc1ccc2c(c1)c(N1C[C@@H](C)n3c(c(CCCOc4cc(C)c(Cl)c(C)c4)c4ccc(Cl)c(-c5c(C)nn(C)c5C)c43)C1=O)c(C(=O)O)n2C. The molecule has 0 aliphatic carbocycles.